The third kappa shape index (κ3) is 3.10. The van der Waals surface area contributed by atoms with Crippen molar-refractivity contribution in [2.45, 2.75) is 12.8 Å². The topological polar surface area (TPSA) is 59.5 Å². The molecule has 1 N–H and O–H groups in total. The minimum absolute atomic E-state index is 0.553. The average molecular weight is 350 g/mol. The molecular weight excluding hydrogens is 328 g/mol. The SMILES string of the molecule is COc1ccc(OC)c(Nc2nc(N3CCCC3)c3ccccc3n2)c1. The standard InChI is InChI=1S/C20H22N4O2/c1-25-14-9-10-18(26-2)17(13-14)22-20-21-16-8-4-3-7-15(16)19(23-20)24-11-5-6-12-24/h3-4,7-10,13H,5-6,11-12H2,1-2H3,(H,21,22,23). The van der Waals surface area contributed by atoms with Gasteiger partial charge in [-0.2, -0.15) is 4.98 Å². The fourth-order valence-electron chi connectivity index (χ4n) is 3.32. The maximum Gasteiger partial charge on any atom is 0.229 e. The van der Waals surface area contributed by atoms with E-state index in [9.17, 15) is 0 Å². The Kier molecular flexibility index (Phi) is 4.48. The van der Waals surface area contributed by atoms with Crippen molar-refractivity contribution in [3.8, 4) is 11.5 Å². The number of fused-ring (bicyclic) bond motifs is 1. The van der Waals surface area contributed by atoms with E-state index in [1.165, 1.54) is 12.8 Å². The average Bonchev–Trinajstić information content (AvgIpc) is 3.22. The number of rotatable bonds is 5. The molecule has 1 saturated heterocycles. The molecule has 26 heavy (non-hydrogen) atoms. The molecule has 0 atom stereocenters. The maximum atomic E-state index is 5.45. The summed E-state index contributed by atoms with van der Waals surface area (Å²) in [5.74, 6) is 2.99. The Labute approximate surface area is 152 Å². The van der Waals surface area contributed by atoms with Crippen LogP contribution in [-0.2, 0) is 0 Å². The molecule has 0 saturated carbocycles. The number of methoxy groups -OCH3 is 2. The quantitative estimate of drug-likeness (QED) is 0.751. The Morgan fingerprint density at radius 3 is 2.54 bits per heavy atom. The number of hydrogen-bond acceptors (Lipinski definition) is 6. The summed E-state index contributed by atoms with van der Waals surface area (Å²) in [6.45, 7) is 2.06. The lowest BCUT2D eigenvalue weighted by molar-refractivity contribution is 0.405. The van der Waals surface area contributed by atoms with Crippen LogP contribution in [0.3, 0.4) is 0 Å². The van der Waals surface area contributed by atoms with E-state index in [2.05, 4.69) is 21.3 Å². The van der Waals surface area contributed by atoms with E-state index in [0.29, 0.717) is 11.7 Å². The van der Waals surface area contributed by atoms with Crippen LogP contribution in [0.15, 0.2) is 42.5 Å². The van der Waals surface area contributed by atoms with Crippen molar-refractivity contribution in [3.63, 3.8) is 0 Å². The van der Waals surface area contributed by atoms with Crippen LogP contribution in [0.2, 0.25) is 0 Å². The molecule has 0 amide bonds. The zero-order chi connectivity index (χ0) is 17.9. The molecule has 0 bridgehead atoms. The van der Waals surface area contributed by atoms with Gasteiger partial charge in [-0.1, -0.05) is 12.1 Å². The lowest BCUT2D eigenvalue weighted by atomic mass is 10.2. The van der Waals surface area contributed by atoms with Crippen molar-refractivity contribution in [3.05, 3.63) is 42.5 Å². The molecular formula is C20H22N4O2. The summed E-state index contributed by atoms with van der Waals surface area (Å²) in [6, 6.07) is 13.7. The van der Waals surface area contributed by atoms with Crippen LogP contribution in [0, 0.1) is 0 Å². The highest BCUT2D eigenvalue weighted by atomic mass is 16.5. The van der Waals surface area contributed by atoms with E-state index in [1.54, 1.807) is 14.2 Å². The van der Waals surface area contributed by atoms with E-state index < -0.39 is 0 Å². The Morgan fingerprint density at radius 1 is 0.962 bits per heavy atom. The van der Waals surface area contributed by atoms with Crippen molar-refractivity contribution in [2.75, 3.05) is 37.5 Å². The third-order valence-corrected chi connectivity index (χ3v) is 4.64. The minimum atomic E-state index is 0.553. The second-order valence-electron chi connectivity index (χ2n) is 6.27. The molecule has 0 spiro atoms. The summed E-state index contributed by atoms with van der Waals surface area (Å²) in [7, 11) is 3.29. The zero-order valence-electron chi connectivity index (χ0n) is 15.0. The normalized spacial score (nSPS) is 13.8. The van der Waals surface area contributed by atoms with Gasteiger partial charge in [-0.25, -0.2) is 4.98 Å². The van der Waals surface area contributed by atoms with Crippen LogP contribution in [0.1, 0.15) is 12.8 Å². The van der Waals surface area contributed by atoms with E-state index in [1.807, 2.05) is 36.4 Å². The molecule has 2 aromatic carbocycles. The molecule has 4 rings (SSSR count). The van der Waals surface area contributed by atoms with Crippen LogP contribution in [0.4, 0.5) is 17.5 Å². The fraction of sp³-hybridized carbons (Fsp3) is 0.300. The molecule has 1 aliphatic heterocycles. The Bertz CT molecular complexity index is 923. The first-order valence-corrected chi connectivity index (χ1v) is 8.79. The molecule has 3 aromatic rings. The smallest absolute Gasteiger partial charge is 0.229 e. The van der Waals surface area contributed by atoms with Gasteiger partial charge in [0.1, 0.15) is 17.3 Å². The zero-order valence-corrected chi connectivity index (χ0v) is 15.0. The maximum absolute atomic E-state index is 5.45. The summed E-state index contributed by atoms with van der Waals surface area (Å²) in [5, 5.41) is 4.38. The summed E-state index contributed by atoms with van der Waals surface area (Å²) < 4.78 is 10.8. The molecule has 1 aliphatic rings. The predicted octanol–water partition coefficient (Wildman–Crippen LogP) is 3.99. The molecule has 0 unspecified atom stereocenters. The van der Waals surface area contributed by atoms with Gasteiger partial charge in [0.15, 0.2) is 0 Å². The van der Waals surface area contributed by atoms with Gasteiger partial charge < -0.3 is 19.7 Å². The molecule has 1 aromatic heterocycles. The monoisotopic (exact) mass is 350 g/mol. The first kappa shape index (κ1) is 16.4. The number of benzene rings is 2. The van der Waals surface area contributed by atoms with Gasteiger partial charge in [-0.15, -0.1) is 0 Å². The number of aromatic nitrogens is 2. The van der Waals surface area contributed by atoms with Crippen molar-refractivity contribution >= 4 is 28.4 Å². The third-order valence-electron chi connectivity index (χ3n) is 4.64. The predicted molar refractivity (Wildman–Crippen MR) is 104 cm³/mol. The van der Waals surface area contributed by atoms with Gasteiger partial charge in [0.25, 0.3) is 0 Å². The first-order valence-electron chi connectivity index (χ1n) is 8.79. The van der Waals surface area contributed by atoms with Gasteiger partial charge in [-0.3, -0.25) is 0 Å². The number of hydrogen-bond donors (Lipinski definition) is 1. The van der Waals surface area contributed by atoms with Crippen LogP contribution >= 0.6 is 0 Å². The van der Waals surface area contributed by atoms with Crippen LogP contribution in [-0.4, -0.2) is 37.3 Å². The van der Waals surface area contributed by atoms with E-state index in [4.69, 9.17) is 14.5 Å². The summed E-state index contributed by atoms with van der Waals surface area (Å²) >= 11 is 0. The fourth-order valence-corrected chi connectivity index (χ4v) is 3.32. The minimum Gasteiger partial charge on any atom is -0.497 e. The van der Waals surface area contributed by atoms with Gasteiger partial charge in [0.2, 0.25) is 5.95 Å². The lowest BCUT2D eigenvalue weighted by Gasteiger charge is -2.20. The van der Waals surface area contributed by atoms with Gasteiger partial charge >= 0.3 is 0 Å². The molecule has 6 heteroatoms. The number of nitrogens with one attached hydrogen (secondary N) is 1. The van der Waals surface area contributed by atoms with E-state index in [-0.39, 0.29) is 0 Å². The number of ether oxygens (including phenoxy) is 2. The Morgan fingerprint density at radius 2 is 1.77 bits per heavy atom. The van der Waals surface area contributed by atoms with Crippen molar-refractivity contribution in [1.82, 2.24) is 9.97 Å². The van der Waals surface area contributed by atoms with Crippen molar-refractivity contribution in [1.29, 1.82) is 0 Å². The molecule has 134 valence electrons. The molecule has 6 nitrogen and oxygen atoms in total. The number of para-hydroxylation sites is 1. The van der Waals surface area contributed by atoms with Crippen LogP contribution in [0.5, 0.6) is 11.5 Å². The van der Waals surface area contributed by atoms with E-state index in [0.717, 1.165) is 41.2 Å². The largest absolute Gasteiger partial charge is 0.497 e. The number of anilines is 3. The van der Waals surface area contributed by atoms with E-state index >= 15 is 0 Å². The van der Waals surface area contributed by atoms with Crippen LogP contribution < -0.4 is 19.7 Å². The number of nitrogens with zero attached hydrogens (tertiary/aromatic N) is 3. The van der Waals surface area contributed by atoms with Crippen molar-refractivity contribution < 1.29 is 9.47 Å². The molecule has 1 fully saturated rings. The Hall–Kier alpha value is -3.02. The molecule has 0 aliphatic carbocycles. The highest BCUT2D eigenvalue weighted by molar-refractivity contribution is 5.91. The second kappa shape index (κ2) is 7.07. The molecule has 0 radical (unpaired) electrons. The summed E-state index contributed by atoms with van der Waals surface area (Å²) in [4.78, 5) is 11.8. The highest BCUT2D eigenvalue weighted by Gasteiger charge is 2.18. The summed E-state index contributed by atoms with van der Waals surface area (Å²) in [6.07, 6.45) is 2.40. The summed E-state index contributed by atoms with van der Waals surface area (Å²) in [5.41, 5.74) is 1.70. The van der Waals surface area contributed by atoms with Crippen molar-refractivity contribution in [2.24, 2.45) is 0 Å². The van der Waals surface area contributed by atoms with Crippen LogP contribution in [0.25, 0.3) is 10.9 Å². The first-order chi connectivity index (χ1) is 12.8. The second-order valence-corrected chi connectivity index (χ2v) is 6.27. The van der Waals surface area contributed by atoms with Gasteiger partial charge in [0.05, 0.1) is 25.4 Å². The highest BCUT2D eigenvalue weighted by Crippen LogP contribution is 2.33. The Balaban J connectivity index is 1.77. The molecule has 2 heterocycles. The lowest BCUT2D eigenvalue weighted by Crippen LogP contribution is -2.20. The van der Waals surface area contributed by atoms with Gasteiger partial charge in [0, 0.05) is 24.5 Å². The van der Waals surface area contributed by atoms with Gasteiger partial charge in [-0.05, 0) is 37.1 Å².